The second-order valence-electron chi connectivity index (χ2n) is 12.2. The minimum Gasteiger partial charge on any atom is -0.462 e. The van der Waals surface area contributed by atoms with Gasteiger partial charge >= 0.3 is 11.9 Å². The molecule has 0 spiro atoms. The number of pyridine rings is 3. The quantitative estimate of drug-likeness (QED) is 0.244. The largest absolute Gasteiger partial charge is 0.462 e. The topological polar surface area (TPSA) is 91.3 Å². The van der Waals surface area contributed by atoms with E-state index in [1.54, 1.807) is 0 Å². The monoisotopic (exact) mass is 569 g/mol. The summed E-state index contributed by atoms with van der Waals surface area (Å²) in [4.78, 5) is 41.7. The Labute approximate surface area is 249 Å². The van der Waals surface area contributed by atoms with Gasteiger partial charge in [-0.3, -0.25) is 0 Å². The van der Waals surface area contributed by atoms with Crippen LogP contribution in [0.25, 0.3) is 22.8 Å². The van der Waals surface area contributed by atoms with E-state index in [4.69, 9.17) is 24.4 Å². The Morgan fingerprint density at radius 2 is 1.07 bits per heavy atom. The normalized spacial score (nSPS) is 13.9. The first-order valence-corrected chi connectivity index (χ1v) is 15.6. The van der Waals surface area contributed by atoms with Gasteiger partial charge in [0.05, 0.1) is 58.5 Å². The Hall–Kier alpha value is -3.61. The highest BCUT2D eigenvalue weighted by molar-refractivity contribution is 5.95. The van der Waals surface area contributed by atoms with Crippen molar-refractivity contribution in [3.63, 3.8) is 0 Å². The molecule has 0 fully saturated rings. The van der Waals surface area contributed by atoms with E-state index in [2.05, 4.69) is 27.7 Å². The van der Waals surface area contributed by atoms with Gasteiger partial charge in [-0.15, -0.1) is 0 Å². The van der Waals surface area contributed by atoms with Gasteiger partial charge in [-0.1, -0.05) is 33.8 Å². The van der Waals surface area contributed by atoms with Crippen molar-refractivity contribution in [2.24, 2.45) is 11.8 Å². The maximum Gasteiger partial charge on any atom is 0.340 e. The fourth-order valence-electron chi connectivity index (χ4n) is 6.51. The average Bonchev–Trinajstić information content (AvgIpc) is 3.62. The van der Waals surface area contributed by atoms with Gasteiger partial charge in [0.25, 0.3) is 0 Å². The van der Waals surface area contributed by atoms with Crippen molar-refractivity contribution in [1.29, 1.82) is 0 Å². The standard InChI is InChI=1S/C35H43N3O4/c1-7-41-34(39)30-22-12-9-14-24(22)32(37-28(30)18-20(3)4)26-16-11-17-27(36-26)33-25-15-10-13-23(25)31(35(40)42-8-2)29(38-33)19-21(5)6/h11,16-17,20-21H,7-10,12-15,18-19H2,1-6H3. The second-order valence-corrected chi connectivity index (χ2v) is 12.2. The number of hydrogen-bond acceptors (Lipinski definition) is 7. The highest BCUT2D eigenvalue weighted by Crippen LogP contribution is 2.38. The Bertz CT molecular complexity index is 1400. The summed E-state index contributed by atoms with van der Waals surface area (Å²) in [6, 6.07) is 6.04. The van der Waals surface area contributed by atoms with E-state index in [9.17, 15) is 9.59 Å². The van der Waals surface area contributed by atoms with Crippen LogP contribution in [0.5, 0.6) is 0 Å². The molecule has 0 amide bonds. The predicted molar refractivity (Wildman–Crippen MR) is 164 cm³/mol. The van der Waals surface area contributed by atoms with Crippen molar-refractivity contribution in [2.45, 2.75) is 92.9 Å². The number of carbonyl (C=O) groups is 2. The van der Waals surface area contributed by atoms with E-state index in [0.717, 1.165) is 94.9 Å². The summed E-state index contributed by atoms with van der Waals surface area (Å²) in [5, 5.41) is 0. The maximum atomic E-state index is 13.1. The molecular formula is C35H43N3O4. The Morgan fingerprint density at radius 3 is 1.45 bits per heavy atom. The first kappa shape index (κ1) is 29.9. The van der Waals surface area contributed by atoms with E-state index in [0.29, 0.717) is 49.0 Å². The Balaban J connectivity index is 1.67. The van der Waals surface area contributed by atoms with Gasteiger partial charge in [-0.25, -0.2) is 24.5 Å². The van der Waals surface area contributed by atoms with Crippen LogP contribution < -0.4 is 0 Å². The van der Waals surface area contributed by atoms with Crippen LogP contribution in [0.3, 0.4) is 0 Å². The number of esters is 2. The molecule has 3 heterocycles. The lowest BCUT2D eigenvalue weighted by Crippen LogP contribution is -2.17. The predicted octanol–water partition coefficient (Wildman–Crippen LogP) is 6.93. The lowest BCUT2D eigenvalue weighted by molar-refractivity contribution is 0.0513. The van der Waals surface area contributed by atoms with Crippen molar-refractivity contribution in [1.82, 2.24) is 15.0 Å². The van der Waals surface area contributed by atoms with Crippen LogP contribution >= 0.6 is 0 Å². The van der Waals surface area contributed by atoms with Gasteiger partial charge < -0.3 is 9.47 Å². The second kappa shape index (κ2) is 12.7. The molecule has 3 aromatic rings. The molecule has 5 rings (SSSR count). The summed E-state index contributed by atoms with van der Waals surface area (Å²) < 4.78 is 11.0. The zero-order valence-corrected chi connectivity index (χ0v) is 25.9. The molecule has 2 aliphatic rings. The van der Waals surface area contributed by atoms with E-state index in [1.165, 1.54) is 0 Å². The number of carbonyl (C=O) groups excluding carboxylic acids is 2. The van der Waals surface area contributed by atoms with E-state index < -0.39 is 0 Å². The first-order valence-electron chi connectivity index (χ1n) is 15.6. The molecule has 42 heavy (non-hydrogen) atoms. The molecule has 0 N–H and O–H groups in total. The molecular weight excluding hydrogens is 526 g/mol. The zero-order valence-electron chi connectivity index (χ0n) is 25.9. The lowest BCUT2D eigenvalue weighted by Gasteiger charge is -2.19. The summed E-state index contributed by atoms with van der Waals surface area (Å²) in [6.45, 7) is 12.9. The van der Waals surface area contributed by atoms with Gasteiger partial charge in [0.15, 0.2) is 0 Å². The average molecular weight is 570 g/mol. The highest BCUT2D eigenvalue weighted by Gasteiger charge is 2.31. The molecule has 7 nitrogen and oxygen atoms in total. The first-order chi connectivity index (χ1) is 20.2. The highest BCUT2D eigenvalue weighted by atomic mass is 16.5. The molecule has 0 saturated heterocycles. The van der Waals surface area contributed by atoms with E-state index in [-0.39, 0.29) is 11.9 Å². The van der Waals surface area contributed by atoms with Crippen molar-refractivity contribution in [3.05, 3.63) is 63.0 Å². The fourth-order valence-corrected chi connectivity index (χ4v) is 6.51. The Morgan fingerprint density at radius 1 is 0.667 bits per heavy atom. The van der Waals surface area contributed by atoms with Crippen molar-refractivity contribution in [2.75, 3.05) is 13.2 Å². The van der Waals surface area contributed by atoms with Gasteiger partial charge in [-0.2, -0.15) is 0 Å². The van der Waals surface area contributed by atoms with Crippen LogP contribution in [0, 0.1) is 11.8 Å². The number of hydrogen-bond donors (Lipinski definition) is 0. The fraction of sp³-hybridized carbons (Fsp3) is 0.514. The van der Waals surface area contributed by atoms with Crippen molar-refractivity contribution in [3.8, 4) is 22.8 Å². The van der Waals surface area contributed by atoms with Crippen LogP contribution in [-0.4, -0.2) is 40.1 Å². The summed E-state index contributed by atoms with van der Waals surface area (Å²) >= 11 is 0. The smallest absolute Gasteiger partial charge is 0.340 e. The molecule has 0 saturated carbocycles. The molecule has 0 aliphatic heterocycles. The summed E-state index contributed by atoms with van der Waals surface area (Å²) in [7, 11) is 0. The summed E-state index contributed by atoms with van der Waals surface area (Å²) in [5.41, 5.74) is 10.5. The number of ether oxygens (including phenoxy) is 2. The molecule has 7 heteroatoms. The van der Waals surface area contributed by atoms with Crippen LogP contribution in [0.2, 0.25) is 0 Å². The van der Waals surface area contributed by atoms with Crippen LogP contribution in [0.4, 0.5) is 0 Å². The molecule has 3 aromatic heterocycles. The van der Waals surface area contributed by atoms with Gasteiger partial charge in [0, 0.05) is 0 Å². The van der Waals surface area contributed by atoms with Crippen LogP contribution in [0.15, 0.2) is 18.2 Å². The zero-order chi connectivity index (χ0) is 30.0. The maximum absolute atomic E-state index is 13.1. The van der Waals surface area contributed by atoms with Crippen LogP contribution in [-0.2, 0) is 48.0 Å². The number of nitrogens with zero attached hydrogens (tertiary/aromatic N) is 3. The number of rotatable bonds is 10. The number of fused-ring (bicyclic) bond motifs is 2. The third kappa shape index (κ3) is 5.83. The molecule has 0 atom stereocenters. The van der Waals surface area contributed by atoms with Crippen molar-refractivity contribution < 1.29 is 19.1 Å². The minimum atomic E-state index is -0.272. The Kier molecular flexibility index (Phi) is 9.05. The molecule has 0 bridgehead atoms. The third-order valence-corrected chi connectivity index (χ3v) is 8.08. The number of aromatic nitrogens is 3. The van der Waals surface area contributed by atoms with Gasteiger partial charge in [-0.05, 0) is 111 Å². The van der Waals surface area contributed by atoms with Crippen molar-refractivity contribution >= 4 is 11.9 Å². The van der Waals surface area contributed by atoms with Crippen LogP contribution in [0.1, 0.15) is 109 Å². The molecule has 222 valence electrons. The minimum absolute atomic E-state index is 0.272. The van der Waals surface area contributed by atoms with Gasteiger partial charge in [0.1, 0.15) is 0 Å². The molecule has 0 aromatic carbocycles. The van der Waals surface area contributed by atoms with E-state index >= 15 is 0 Å². The molecule has 0 unspecified atom stereocenters. The summed E-state index contributed by atoms with van der Waals surface area (Å²) in [5.74, 6) is 0.125. The van der Waals surface area contributed by atoms with Gasteiger partial charge in [0.2, 0.25) is 0 Å². The lowest BCUT2D eigenvalue weighted by atomic mass is 9.94. The van der Waals surface area contributed by atoms with E-state index in [1.807, 2.05) is 32.0 Å². The SMILES string of the molecule is CCOC(=O)c1c(CC(C)C)nc(-c2cccc(-c3nc(CC(C)C)c(C(=O)OCC)c4c3CCC4)n2)c2c1CCC2. The molecule has 0 radical (unpaired) electrons. The molecule has 2 aliphatic carbocycles. The summed E-state index contributed by atoms with van der Waals surface area (Å²) in [6.07, 6.45) is 6.73. The third-order valence-electron chi connectivity index (χ3n) is 8.08.